The third-order valence-electron chi connectivity index (χ3n) is 5.49. The molecule has 4 aromatic rings. The number of hydrogen-bond donors (Lipinski definition) is 1. The van der Waals surface area contributed by atoms with Crippen molar-refractivity contribution in [1.29, 1.82) is 0 Å². The smallest absolute Gasteiger partial charge is 0.267 e. The Morgan fingerprint density at radius 1 is 0.943 bits per heavy atom. The zero-order chi connectivity index (χ0) is 24.8. The third kappa shape index (κ3) is 5.83. The average molecular weight is 469 g/mol. The quantitative estimate of drug-likeness (QED) is 0.420. The van der Waals surface area contributed by atoms with E-state index in [1.165, 1.54) is 4.68 Å². The Morgan fingerprint density at radius 3 is 2.46 bits per heavy atom. The molecule has 0 aliphatic heterocycles. The van der Waals surface area contributed by atoms with Gasteiger partial charge in [0.2, 0.25) is 0 Å². The first-order valence-corrected chi connectivity index (χ1v) is 11.4. The minimum atomic E-state index is -0.244. The highest BCUT2D eigenvalue weighted by atomic mass is 16.5. The van der Waals surface area contributed by atoms with E-state index >= 15 is 0 Å². The first-order valence-electron chi connectivity index (χ1n) is 11.4. The summed E-state index contributed by atoms with van der Waals surface area (Å²) in [5.74, 6) is 1.14. The maximum absolute atomic E-state index is 12.7. The molecule has 0 bridgehead atoms. The van der Waals surface area contributed by atoms with Gasteiger partial charge in [-0.2, -0.15) is 5.10 Å². The molecule has 3 aromatic carbocycles. The van der Waals surface area contributed by atoms with Gasteiger partial charge in [-0.3, -0.25) is 9.59 Å². The largest absolute Gasteiger partial charge is 0.457 e. The van der Waals surface area contributed by atoms with Crippen molar-refractivity contribution in [3.8, 4) is 33.9 Å². The van der Waals surface area contributed by atoms with Gasteiger partial charge in [-0.25, -0.2) is 4.68 Å². The molecule has 7 nitrogen and oxygen atoms in total. The van der Waals surface area contributed by atoms with Crippen LogP contribution in [0.3, 0.4) is 0 Å². The highest BCUT2D eigenvalue weighted by Crippen LogP contribution is 2.37. The van der Waals surface area contributed by atoms with Gasteiger partial charge in [0.05, 0.1) is 0 Å². The van der Waals surface area contributed by atoms with E-state index in [2.05, 4.69) is 10.4 Å². The van der Waals surface area contributed by atoms with E-state index in [1.807, 2.05) is 85.7 Å². The van der Waals surface area contributed by atoms with Crippen LogP contribution in [0.15, 0.2) is 89.7 Å². The second-order valence-corrected chi connectivity index (χ2v) is 8.42. The summed E-state index contributed by atoms with van der Waals surface area (Å²) in [6.07, 6.45) is 0. The van der Waals surface area contributed by atoms with E-state index in [9.17, 15) is 9.59 Å². The van der Waals surface area contributed by atoms with Gasteiger partial charge in [0, 0.05) is 42.9 Å². The fraction of sp³-hybridized carbons (Fsp3) is 0.179. The molecule has 0 atom stereocenters. The molecule has 0 fully saturated rings. The van der Waals surface area contributed by atoms with Crippen molar-refractivity contribution < 1.29 is 9.53 Å². The van der Waals surface area contributed by atoms with Crippen molar-refractivity contribution in [2.45, 2.75) is 0 Å². The molecule has 0 aliphatic carbocycles. The lowest BCUT2D eigenvalue weighted by molar-refractivity contribution is 0.0951. The topological polar surface area (TPSA) is 76.5 Å². The number of rotatable bonds is 8. The standard InChI is InChI=1S/C28H28N4O3/c1-31(2)17-16-29-28(34)21-11-9-10-20(18-21)24-19-26(33)32(3)30-27(24)23-14-7-8-15-25(23)35-22-12-5-4-6-13-22/h4-15,18-19H,16-17H2,1-3H3,(H,29,34). The summed E-state index contributed by atoms with van der Waals surface area (Å²) in [6.45, 7) is 1.28. The molecule has 0 spiro atoms. The summed E-state index contributed by atoms with van der Waals surface area (Å²) in [6, 6.07) is 25.8. The van der Waals surface area contributed by atoms with Crippen LogP contribution in [0.2, 0.25) is 0 Å². The van der Waals surface area contributed by atoms with Crippen molar-refractivity contribution in [2.24, 2.45) is 7.05 Å². The van der Waals surface area contributed by atoms with Gasteiger partial charge < -0.3 is 15.0 Å². The Bertz CT molecular complexity index is 1380. The van der Waals surface area contributed by atoms with Gasteiger partial charge in [-0.05, 0) is 56.1 Å². The van der Waals surface area contributed by atoms with E-state index < -0.39 is 0 Å². The first kappa shape index (κ1) is 23.9. The third-order valence-corrected chi connectivity index (χ3v) is 5.49. The van der Waals surface area contributed by atoms with Crippen LogP contribution >= 0.6 is 0 Å². The number of aryl methyl sites for hydroxylation is 1. The Balaban J connectivity index is 1.75. The summed E-state index contributed by atoms with van der Waals surface area (Å²) < 4.78 is 7.46. The fourth-order valence-electron chi connectivity index (χ4n) is 3.65. The minimum absolute atomic E-state index is 0.167. The normalized spacial score (nSPS) is 10.9. The summed E-state index contributed by atoms with van der Waals surface area (Å²) in [5, 5.41) is 7.51. The number of para-hydroxylation sites is 2. The Morgan fingerprint density at radius 2 is 1.69 bits per heavy atom. The lowest BCUT2D eigenvalue weighted by atomic mass is 9.97. The number of aromatic nitrogens is 2. The van der Waals surface area contributed by atoms with Crippen molar-refractivity contribution in [3.63, 3.8) is 0 Å². The Labute approximate surface area is 204 Å². The first-order chi connectivity index (χ1) is 16.9. The Hall–Kier alpha value is -4.23. The molecule has 35 heavy (non-hydrogen) atoms. The maximum atomic E-state index is 12.7. The molecule has 4 rings (SSSR count). The van der Waals surface area contributed by atoms with Crippen molar-refractivity contribution in [1.82, 2.24) is 20.0 Å². The summed E-state index contributed by atoms with van der Waals surface area (Å²) in [7, 11) is 5.53. The highest BCUT2D eigenvalue weighted by molar-refractivity contribution is 5.96. The number of amides is 1. The van der Waals surface area contributed by atoms with E-state index in [0.717, 1.165) is 17.7 Å². The van der Waals surface area contributed by atoms with Crippen molar-refractivity contribution in [2.75, 3.05) is 27.2 Å². The molecular formula is C28H28N4O3. The minimum Gasteiger partial charge on any atom is -0.457 e. The monoisotopic (exact) mass is 468 g/mol. The number of benzene rings is 3. The molecule has 0 saturated carbocycles. The van der Waals surface area contributed by atoms with E-state index in [-0.39, 0.29) is 11.5 Å². The van der Waals surface area contributed by atoms with Gasteiger partial charge in [0.15, 0.2) is 0 Å². The molecule has 1 amide bonds. The predicted molar refractivity (Wildman–Crippen MR) is 138 cm³/mol. The van der Waals surface area contributed by atoms with Crippen LogP contribution in [0.25, 0.3) is 22.4 Å². The van der Waals surface area contributed by atoms with Gasteiger partial charge in [-0.1, -0.05) is 42.5 Å². The lowest BCUT2D eigenvalue weighted by Gasteiger charge is -2.15. The second-order valence-electron chi connectivity index (χ2n) is 8.42. The molecule has 0 saturated heterocycles. The number of hydrogen-bond acceptors (Lipinski definition) is 5. The van der Waals surface area contributed by atoms with Crippen LogP contribution in [0.4, 0.5) is 0 Å². The lowest BCUT2D eigenvalue weighted by Crippen LogP contribution is -2.31. The average Bonchev–Trinajstić information content (AvgIpc) is 2.86. The molecule has 0 radical (unpaired) electrons. The van der Waals surface area contributed by atoms with Crippen molar-refractivity contribution >= 4 is 5.91 Å². The van der Waals surface area contributed by atoms with Crippen LogP contribution in [0.5, 0.6) is 11.5 Å². The summed E-state index contributed by atoms with van der Waals surface area (Å²) in [5.41, 5.74) is 2.94. The fourth-order valence-corrected chi connectivity index (χ4v) is 3.65. The van der Waals surface area contributed by atoms with Crippen LogP contribution in [0.1, 0.15) is 10.4 Å². The van der Waals surface area contributed by atoms with Gasteiger partial charge in [0.25, 0.3) is 11.5 Å². The molecule has 1 aromatic heterocycles. The molecular weight excluding hydrogens is 440 g/mol. The van der Waals surface area contributed by atoms with Crippen molar-refractivity contribution in [3.05, 3.63) is 101 Å². The number of nitrogens with zero attached hydrogens (tertiary/aromatic N) is 3. The predicted octanol–water partition coefficient (Wildman–Crippen LogP) is 4.20. The van der Waals surface area contributed by atoms with E-state index in [0.29, 0.717) is 34.9 Å². The molecule has 178 valence electrons. The number of carbonyl (C=O) groups is 1. The zero-order valence-corrected chi connectivity index (χ0v) is 20.1. The van der Waals surface area contributed by atoms with Crippen LogP contribution in [-0.2, 0) is 7.05 Å². The summed E-state index contributed by atoms with van der Waals surface area (Å²) in [4.78, 5) is 27.3. The maximum Gasteiger partial charge on any atom is 0.267 e. The van der Waals surface area contributed by atoms with Crippen LogP contribution in [0, 0.1) is 0 Å². The SMILES string of the molecule is CN(C)CCNC(=O)c1cccc(-c2cc(=O)n(C)nc2-c2ccccc2Oc2ccccc2)c1. The zero-order valence-electron chi connectivity index (χ0n) is 20.1. The van der Waals surface area contributed by atoms with E-state index in [4.69, 9.17) is 4.74 Å². The van der Waals surface area contributed by atoms with Gasteiger partial charge >= 0.3 is 0 Å². The summed E-state index contributed by atoms with van der Waals surface area (Å²) >= 11 is 0. The number of ether oxygens (including phenoxy) is 1. The molecule has 7 heteroatoms. The Kier molecular flexibility index (Phi) is 7.38. The van der Waals surface area contributed by atoms with Crippen LogP contribution < -0.4 is 15.6 Å². The van der Waals surface area contributed by atoms with E-state index in [1.54, 1.807) is 25.2 Å². The number of likely N-dealkylation sites (N-methyl/N-ethyl adjacent to an activating group) is 1. The van der Waals surface area contributed by atoms with Crippen LogP contribution in [-0.4, -0.2) is 47.8 Å². The number of carbonyl (C=O) groups excluding carboxylic acids is 1. The molecule has 0 unspecified atom stereocenters. The number of nitrogens with one attached hydrogen (secondary N) is 1. The van der Waals surface area contributed by atoms with Gasteiger partial charge in [-0.15, -0.1) is 0 Å². The highest BCUT2D eigenvalue weighted by Gasteiger charge is 2.17. The molecule has 1 heterocycles. The molecule has 1 N–H and O–H groups in total. The molecule has 0 aliphatic rings. The second kappa shape index (κ2) is 10.8. The van der Waals surface area contributed by atoms with Gasteiger partial charge in [0.1, 0.15) is 17.2 Å².